The highest BCUT2D eigenvalue weighted by molar-refractivity contribution is 9.10. The number of rotatable bonds is 5. The fourth-order valence-electron chi connectivity index (χ4n) is 2.00. The summed E-state index contributed by atoms with van der Waals surface area (Å²) in [5.74, 6) is 1.29. The molecule has 2 aromatic carbocycles. The quantitative estimate of drug-likeness (QED) is 0.645. The summed E-state index contributed by atoms with van der Waals surface area (Å²) in [6.45, 7) is 6.63. The molecular weight excluding hydrogens is 328 g/mol. The van der Waals surface area contributed by atoms with E-state index < -0.39 is 0 Å². The number of hydrogen-bond donors (Lipinski definition) is 0. The first-order chi connectivity index (χ1) is 9.96. The van der Waals surface area contributed by atoms with Crippen molar-refractivity contribution in [2.24, 2.45) is 0 Å². The standard InChI is InChI=1S/C18H19BrO2/c1-4-18(2,3)14-6-9-16(10-7-14)21-17-11-15(19)8-5-13(17)12-20/h5-12H,4H2,1-3H3. The molecule has 0 aromatic heterocycles. The molecule has 0 bridgehead atoms. The van der Waals surface area contributed by atoms with Crippen molar-refractivity contribution < 1.29 is 9.53 Å². The fourth-order valence-corrected chi connectivity index (χ4v) is 2.34. The molecule has 0 radical (unpaired) electrons. The van der Waals surface area contributed by atoms with Crippen LogP contribution in [0.15, 0.2) is 46.9 Å². The highest BCUT2D eigenvalue weighted by Gasteiger charge is 2.17. The van der Waals surface area contributed by atoms with Crippen molar-refractivity contribution in [3.05, 3.63) is 58.1 Å². The molecule has 2 rings (SSSR count). The van der Waals surface area contributed by atoms with Gasteiger partial charge in [0.2, 0.25) is 0 Å². The highest BCUT2D eigenvalue weighted by Crippen LogP contribution is 2.31. The molecule has 0 heterocycles. The van der Waals surface area contributed by atoms with Gasteiger partial charge in [-0.25, -0.2) is 0 Å². The molecule has 21 heavy (non-hydrogen) atoms. The molecule has 0 aliphatic carbocycles. The number of hydrogen-bond acceptors (Lipinski definition) is 2. The molecule has 0 unspecified atom stereocenters. The molecule has 110 valence electrons. The number of carbonyl (C=O) groups is 1. The molecule has 0 aliphatic rings. The first kappa shape index (κ1) is 15.8. The van der Waals surface area contributed by atoms with Crippen LogP contribution >= 0.6 is 15.9 Å². The van der Waals surface area contributed by atoms with Gasteiger partial charge in [-0.3, -0.25) is 4.79 Å². The smallest absolute Gasteiger partial charge is 0.153 e. The predicted molar refractivity (Wildman–Crippen MR) is 89.4 cm³/mol. The van der Waals surface area contributed by atoms with E-state index in [-0.39, 0.29) is 5.41 Å². The molecule has 0 fully saturated rings. The Morgan fingerprint density at radius 3 is 2.38 bits per heavy atom. The molecule has 2 nitrogen and oxygen atoms in total. The minimum Gasteiger partial charge on any atom is -0.457 e. The topological polar surface area (TPSA) is 26.3 Å². The number of ether oxygens (including phenoxy) is 1. The van der Waals surface area contributed by atoms with Crippen molar-refractivity contribution >= 4 is 22.2 Å². The third kappa shape index (κ3) is 3.73. The van der Waals surface area contributed by atoms with Crippen molar-refractivity contribution in [2.45, 2.75) is 32.6 Å². The lowest BCUT2D eigenvalue weighted by Gasteiger charge is -2.23. The van der Waals surface area contributed by atoms with Crippen molar-refractivity contribution in [3.63, 3.8) is 0 Å². The second-order valence-corrected chi connectivity index (χ2v) is 6.58. The van der Waals surface area contributed by atoms with E-state index >= 15 is 0 Å². The Morgan fingerprint density at radius 1 is 1.14 bits per heavy atom. The van der Waals surface area contributed by atoms with E-state index in [1.165, 1.54) is 5.56 Å². The Balaban J connectivity index is 2.25. The maximum atomic E-state index is 11.1. The Morgan fingerprint density at radius 2 is 1.81 bits per heavy atom. The molecule has 0 saturated carbocycles. The first-order valence-corrected chi connectivity index (χ1v) is 7.78. The molecular formula is C18H19BrO2. The van der Waals surface area contributed by atoms with Gasteiger partial charge >= 0.3 is 0 Å². The third-order valence-corrected chi connectivity index (χ3v) is 4.34. The van der Waals surface area contributed by atoms with Crippen LogP contribution in [-0.2, 0) is 5.41 Å². The largest absolute Gasteiger partial charge is 0.457 e. The van der Waals surface area contributed by atoms with Crippen LogP contribution in [0.1, 0.15) is 43.1 Å². The van der Waals surface area contributed by atoms with Gasteiger partial charge in [0.05, 0.1) is 5.56 Å². The first-order valence-electron chi connectivity index (χ1n) is 6.99. The van der Waals surface area contributed by atoms with Crippen LogP contribution in [0.5, 0.6) is 11.5 Å². The molecule has 0 aliphatic heterocycles. The van der Waals surface area contributed by atoms with E-state index in [4.69, 9.17) is 4.74 Å². The van der Waals surface area contributed by atoms with Gasteiger partial charge in [-0.15, -0.1) is 0 Å². The van der Waals surface area contributed by atoms with Gasteiger partial charge in [0.15, 0.2) is 6.29 Å². The van der Waals surface area contributed by atoms with Gasteiger partial charge in [0.1, 0.15) is 11.5 Å². The minimum absolute atomic E-state index is 0.155. The zero-order valence-electron chi connectivity index (χ0n) is 12.5. The minimum atomic E-state index is 0.155. The average molecular weight is 347 g/mol. The van der Waals surface area contributed by atoms with E-state index in [9.17, 15) is 4.79 Å². The van der Waals surface area contributed by atoms with Crippen molar-refractivity contribution in [1.29, 1.82) is 0 Å². The summed E-state index contributed by atoms with van der Waals surface area (Å²) in [6.07, 6.45) is 1.88. The second-order valence-electron chi connectivity index (χ2n) is 5.66. The highest BCUT2D eigenvalue weighted by atomic mass is 79.9. The van der Waals surface area contributed by atoms with Crippen LogP contribution in [0.2, 0.25) is 0 Å². The Bertz CT molecular complexity index is 630. The van der Waals surface area contributed by atoms with E-state index in [1.54, 1.807) is 12.1 Å². The van der Waals surface area contributed by atoms with Gasteiger partial charge in [0.25, 0.3) is 0 Å². The fraction of sp³-hybridized carbons (Fsp3) is 0.278. The maximum Gasteiger partial charge on any atom is 0.153 e. The molecule has 0 N–H and O–H groups in total. The number of benzene rings is 2. The monoisotopic (exact) mass is 346 g/mol. The normalized spacial score (nSPS) is 11.2. The second kappa shape index (κ2) is 6.44. The maximum absolute atomic E-state index is 11.1. The molecule has 2 aromatic rings. The zero-order chi connectivity index (χ0) is 15.5. The summed E-state index contributed by atoms with van der Waals surface area (Å²) in [4.78, 5) is 11.1. The van der Waals surface area contributed by atoms with Crippen molar-refractivity contribution in [3.8, 4) is 11.5 Å². The van der Waals surface area contributed by atoms with Crippen LogP contribution in [-0.4, -0.2) is 6.29 Å². The third-order valence-electron chi connectivity index (χ3n) is 3.85. The Labute approximate surface area is 134 Å². The van der Waals surface area contributed by atoms with E-state index in [1.807, 2.05) is 18.2 Å². The molecule has 0 amide bonds. The van der Waals surface area contributed by atoms with Crippen molar-refractivity contribution in [1.82, 2.24) is 0 Å². The molecule has 0 saturated heterocycles. The molecule has 3 heteroatoms. The number of carbonyl (C=O) groups excluding carboxylic acids is 1. The predicted octanol–water partition coefficient (Wildman–Crippen LogP) is 5.74. The Kier molecular flexibility index (Phi) is 4.84. The summed E-state index contributed by atoms with van der Waals surface area (Å²) in [5, 5.41) is 0. The van der Waals surface area contributed by atoms with Crippen LogP contribution in [0.3, 0.4) is 0 Å². The molecule has 0 spiro atoms. The van der Waals surface area contributed by atoms with Crippen LogP contribution in [0, 0.1) is 0 Å². The van der Waals surface area contributed by atoms with Crippen LogP contribution < -0.4 is 4.74 Å². The summed E-state index contributed by atoms with van der Waals surface area (Å²) in [6, 6.07) is 13.4. The summed E-state index contributed by atoms with van der Waals surface area (Å²) in [5.41, 5.74) is 1.97. The van der Waals surface area contributed by atoms with E-state index in [0.29, 0.717) is 11.3 Å². The van der Waals surface area contributed by atoms with E-state index in [0.717, 1.165) is 22.9 Å². The van der Waals surface area contributed by atoms with Gasteiger partial charge < -0.3 is 4.74 Å². The lowest BCUT2D eigenvalue weighted by atomic mass is 9.82. The number of halogens is 1. The van der Waals surface area contributed by atoms with E-state index in [2.05, 4.69) is 48.8 Å². The van der Waals surface area contributed by atoms with Crippen LogP contribution in [0.4, 0.5) is 0 Å². The summed E-state index contributed by atoms with van der Waals surface area (Å²) < 4.78 is 6.70. The lowest BCUT2D eigenvalue weighted by molar-refractivity contribution is 0.112. The molecule has 0 atom stereocenters. The zero-order valence-corrected chi connectivity index (χ0v) is 14.1. The number of aldehydes is 1. The van der Waals surface area contributed by atoms with Crippen molar-refractivity contribution in [2.75, 3.05) is 0 Å². The average Bonchev–Trinajstić information content (AvgIpc) is 2.48. The van der Waals surface area contributed by atoms with Crippen LogP contribution in [0.25, 0.3) is 0 Å². The lowest BCUT2D eigenvalue weighted by Crippen LogP contribution is -2.14. The van der Waals surface area contributed by atoms with Gasteiger partial charge in [-0.1, -0.05) is 48.8 Å². The van der Waals surface area contributed by atoms with Gasteiger partial charge in [-0.2, -0.15) is 0 Å². The summed E-state index contributed by atoms with van der Waals surface area (Å²) >= 11 is 3.39. The van der Waals surface area contributed by atoms with Gasteiger partial charge in [0, 0.05) is 4.47 Å². The van der Waals surface area contributed by atoms with Gasteiger partial charge in [-0.05, 0) is 47.7 Å². The SMILES string of the molecule is CCC(C)(C)c1ccc(Oc2cc(Br)ccc2C=O)cc1. The Hall–Kier alpha value is -1.61. The summed E-state index contributed by atoms with van der Waals surface area (Å²) in [7, 11) is 0.